The Balaban J connectivity index is 2.12. The Bertz CT molecular complexity index is 567. The molecule has 0 radical (unpaired) electrons. The first-order valence-electron chi connectivity index (χ1n) is 5.95. The molecule has 0 bridgehead atoms. The number of nitrogens with one attached hydrogen (secondary N) is 1. The first kappa shape index (κ1) is 12.9. The summed E-state index contributed by atoms with van der Waals surface area (Å²) in [5, 5.41) is 13.7. The van der Waals surface area contributed by atoms with Crippen molar-refractivity contribution in [2.24, 2.45) is 0 Å². The van der Waals surface area contributed by atoms with Crippen LogP contribution in [0.3, 0.4) is 0 Å². The maximum Gasteiger partial charge on any atom is 0.269 e. The van der Waals surface area contributed by atoms with Gasteiger partial charge in [0.05, 0.1) is 4.92 Å². The van der Waals surface area contributed by atoms with Gasteiger partial charge in [0.25, 0.3) is 5.69 Å². The maximum atomic E-state index is 10.5. The van der Waals surface area contributed by atoms with Crippen molar-refractivity contribution in [2.75, 3.05) is 11.9 Å². The Labute approximate surface area is 111 Å². The molecule has 0 aliphatic carbocycles. The van der Waals surface area contributed by atoms with Crippen molar-refractivity contribution in [3.63, 3.8) is 0 Å². The van der Waals surface area contributed by atoms with Crippen LogP contribution in [-0.2, 0) is 0 Å². The number of benzene rings is 2. The number of nitrogens with zero attached hydrogens (tertiary/aromatic N) is 1. The molecule has 0 amide bonds. The monoisotopic (exact) mass is 258 g/mol. The molecule has 1 N–H and O–H groups in total. The highest BCUT2D eigenvalue weighted by Crippen LogP contribution is 2.25. The maximum absolute atomic E-state index is 10.5. The van der Waals surface area contributed by atoms with Gasteiger partial charge in [-0.25, -0.2) is 0 Å². The molecule has 5 nitrogen and oxygen atoms in total. The van der Waals surface area contributed by atoms with Gasteiger partial charge in [0, 0.05) is 30.4 Å². The highest BCUT2D eigenvalue weighted by Gasteiger charge is 2.05. The van der Waals surface area contributed by atoms with E-state index in [0.717, 1.165) is 12.2 Å². The van der Waals surface area contributed by atoms with Crippen molar-refractivity contribution in [3.8, 4) is 11.5 Å². The van der Waals surface area contributed by atoms with E-state index >= 15 is 0 Å². The number of non-ortho nitro benzene ring substituents is 1. The SMILES string of the molecule is CCNc1cccc(Oc2ccc([N+](=O)[O-])cc2)c1. The van der Waals surface area contributed by atoms with Gasteiger partial charge in [0.15, 0.2) is 0 Å². The third-order valence-corrected chi connectivity index (χ3v) is 2.50. The van der Waals surface area contributed by atoms with Gasteiger partial charge in [-0.05, 0) is 31.2 Å². The quantitative estimate of drug-likeness (QED) is 0.654. The lowest BCUT2D eigenvalue weighted by Gasteiger charge is -2.08. The second-order valence-electron chi connectivity index (χ2n) is 3.91. The van der Waals surface area contributed by atoms with Gasteiger partial charge in [0.1, 0.15) is 11.5 Å². The Kier molecular flexibility index (Phi) is 3.97. The molecule has 2 aromatic carbocycles. The van der Waals surface area contributed by atoms with Crippen LogP contribution in [-0.4, -0.2) is 11.5 Å². The Hall–Kier alpha value is -2.56. The zero-order valence-electron chi connectivity index (χ0n) is 10.5. The highest BCUT2D eigenvalue weighted by atomic mass is 16.6. The van der Waals surface area contributed by atoms with Crippen molar-refractivity contribution in [1.82, 2.24) is 0 Å². The van der Waals surface area contributed by atoms with Crippen LogP contribution >= 0.6 is 0 Å². The first-order chi connectivity index (χ1) is 9.19. The van der Waals surface area contributed by atoms with Crippen LogP contribution in [0.4, 0.5) is 11.4 Å². The predicted octanol–water partition coefficient (Wildman–Crippen LogP) is 3.82. The number of nitro groups is 1. The van der Waals surface area contributed by atoms with Crippen LogP contribution in [0.25, 0.3) is 0 Å². The lowest BCUT2D eigenvalue weighted by Crippen LogP contribution is -1.96. The summed E-state index contributed by atoms with van der Waals surface area (Å²) >= 11 is 0. The van der Waals surface area contributed by atoms with E-state index in [1.165, 1.54) is 12.1 Å². The molecular weight excluding hydrogens is 244 g/mol. The van der Waals surface area contributed by atoms with Gasteiger partial charge in [-0.1, -0.05) is 6.07 Å². The van der Waals surface area contributed by atoms with Gasteiger partial charge in [-0.2, -0.15) is 0 Å². The number of anilines is 1. The van der Waals surface area contributed by atoms with Gasteiger partial charge in [-0.3, -0.25) is 10.1 Å². The summed E-state index contributed by atoms with van der Waals surface area (Å²) in [6.07, 6.45) is 0. The fraction of sp³-hybridized carbons (Fsp3) is 0.143. The van der Waals surface area contributed by atoms with Crippen LogP contribution in [0.5, 0.6) is 11.5 Å². The third kappa shape index (κ3) is 3.45. The van der Waals surface area contributed by atoms with Crippen molar-refractivity contribution in [2.45, 2.75) is 6.92 Å². The van der Waals surface area contributed by atoms with Crippen LogP contribution in [0.1, 0.15) is 6.92 Å². The van der Waals surface area contributed by atoms with Crippen molar-refractivity contribution in [1.29, 1.82) is 0 Å². The van der Waals surface area contributed by atoms with Crippen molar-refractivity contribution >= 4 is 11.4 Å². The molecule has 0 saturated heterocycles. The standard InChI is InChI=1S/C14H14N2O3/c1-2-15-11-4-3-5-14(10-11)19-13-8-6-12(7-9-13)16(17)18/h3-10,15H,2H2,1H3. The van der Waals surface area contributed by atoms with Crippen LogP contribution in [0, 0.1) is 10.1 Å². The molecule has 98 valence electrons. The number of hydrogen-bond donors (Lipinski definition) is 1. The normalized spacial score (nSPS) is 9.95. The third-order valence-electron chi connectivity index (χ3n) is 2.50. The van der Waals surface area contributed by atoms with E-state index in [-0.39, 0.29) is 5.69 Å². The predicted molar refractivity (Wildman–Crippen MR) is 73.8 cm³/mol. The molecule has 19 heavy (non-hydrogen) atoms. The molecule has 0 aliphatic rings. The largest absolute Gasteiger partial charge is 0.457 e. The van der Waals surface area contributed by atoms with Gasteiger partial charge >= 0.3 is 0 Å². The van der Waals surface area contributed by atoms with E-state index in [4.69, 9.17) is 4.74 Å². The second-order valence-corrected chi connectivity index (χ2v) is 3.91. The minimum Gasteiger partial charge on any atom is -0.457 e. The minimum absolute atomic E-state index is 0.0498. The molecular formula is C14H14N2O3. The average molecular weight is 258 g/mol. The van der Waals surface area contributed by atoms with Crippen LogP contribution in [0.2, 0.25) is 0 Å². The smallest absolute Gasteiger partial charge is 0.269 e. The molecule has 0 spiro atoms. The average Bonchev–Trinajstić information content (AvgIpc) is 2.40. The number of ether oxygens (including phenoxy) is 1. The minimum atomic E-state index is -0.435. The summed E-state index contributed by atoms with van der Waals surface area (Å²) in [6, 6.07) is 13.6. The van der Waals surface area contributed by atoms with E-state index in [1.54, 1.807) is 12.1 Å². The number of rotatable bonds is 5. The molecule has 2 aromatic rings. The van der Waals surface area contributed by atoms with E-state index < -0.39 is 4.92 Å². The molecule has 0 aromatic heterocycles. The van der Waals surface area contributed by atoms with E-state index in [0.29, 0.717) is 11.5 Å². The summed E-state index contributed by atoms with van der Waals surface area (Å²) in [4.78, 5) is 10.1. The summed E-state index contributed by atoms with van der Waals surface area (Å²) in [5.41, 5.74) is 1.02. The molecule has 0 atom stereocenters. The Morgan fingerprint density at radius 2 is 1.89 bits per heavy atom. The Morgan fingerprint density at radius 1 is 1.16 bits per heavy atom. The van der Waals surface area contributed by atoms with Crippen LogP contribution in [0.15, 0.2) is 48.5 Å². The van der Waals surface area contributed by atoms with E-state index in [2.05, 4.69) is 5.32 Å². The Morgan fingerprint density at radius 3 is 2.53 bits per heavy atom. The number of hydrogen-bond acceptors (Lipinski definition) is 4. The van der Waals surface area contributed by atoms with E-state index in [9.17, 15) is 10.1 Å². The molecule has 0 saturated carbocycles. The summed E-state index contributed by atoms with van der Waals surface area (Å²) in [7, 11) is 0. The van der Waals surface area contributed by atoms with Crippen molar-refractivity contribution < 1.29 is 9.66 Å². The van der Waals surface area contributed by atoms with E-state index in [1.807, 2.05) is 31.2 Å². The zero-order valence-corrected chi connectivity index (χ0v) is 10.5. The molecule has 0 fully saturated rings. The topological polar surface area (TPSA) is 64.4 Å². The molecule has 0 heterocycles. The lowest BCUT2D eigenvalue weighted by atomic mass is 10.3. The van der Waals surface area contributed by atoms with Gasteiger partial charge in [-0.15, -0.1) is 0 Å². The fourth-order valence-electron chi connectivity index (χ4n) is 1.65. The fourth-order valence-corrected chi connectivity index (χ4v) is 1.65. The molecule has 5 heteroatoms. The molecule has 0 aliphatic heterocycles. The van der Waals surface area contributed by atoms with Gasteiger partial charge < -0.3 is 10.1 Å². The number of nitro benzene ring substituents is 1. The highest BCUT2D eigenvalue weighted by molar-refractivity contribution is 5.49. The lowest BCUT2D eigenvalue weighted by molar-refractivity contribution is -0.384. The summed E-state index contributed by atoms with van der Waals surface area (Å²) in [5.74, 6) is 1.26. The first-order valence-corrected chi connectivity index (χ1v) is 5.95. The van der Waals surface area contributed by atoms with Crippen molar-refractivity contribution in [3.05, 3.63) is 58.6 Å². The zero-order chi connectivity index (χ0) is 13.7. The second kappa shape index (κ2) is 5.86. The summed E-state index contributed by atoms with van der Waals surface area (Å²) in [6.45, 7) is 2.85. The van der Waals surface area contributed by atoms with Crippen LogP contribution < -0.4 is 10.1 Å². The molecule has 0 unspecified atom stereocenters. The molecule has 2 rings (SSSR count). The van der Waals surface area contributed by atoms with Gasteiger partial charge in [0.2, 0.25) is 0 Å². The summed E-state index contributed by atoms with van der Waals surface area (Å²) < 4.78 is 5.64.